The maximum Gasteiger partial charge on any atom is 0.255 e. The topological polar surface area (TPSA) is 61.4 Å². The van der Waals surface area contributed by atoms with Crippen LogP contribution < -0.4 is 10.2 Å². The van der Waals surface area contributed by atoms with E-state index >= 15 is 0 Å². The molecule has 0 unspecified atom stereocenters. The molecule has 26 heavy (non-hydrogen) atoms. The molecular formula is C18H21Cl2N5O. The second-order valence-electron chi connectivity index (χ2n) is 6.13. The molecule has 8 heteroatoms. The number of aryl methyl sites for hydroxylation is 1. The zero-order chi connectivity index (χ0) is 18.7. The van der Waals surface area contributed by atoms with Gasteiger partial charge in [0.25, 0.3) is 5.91 Å². The van der Waals surface area contributed by atoms with Gasteiger partial charge in [-0.05, 0) is 32.0 Å². The Hall–Kier alpha value is -2.05. The number of rotatable bonds is 4. The summed E-state index contributed by atoms with van der Waals surface area (Å²) in [4.78, 5) is 25.7. The SMILES string of the molecule is CCNc1cc(C)nc(N2CCN(C(=O)c3ccc(Cl)cc3Cl)CC2)n1. The quantitative estimate of drug-likeness (QED) is 0.861. The minimum absolute atomic E-state index is 0.0789. The van der Waals surface area contributed by atoms with E-state index in [4.69, 9.17) is 23.2 Å². The molecule has 0 radical (unpaired) electrons. The van der Waals surface area contributed by atoms with E-state index in [9.17, 15) is 4.79 Å². The Balaban J connectivity index is 1.68. The monoisotopic (exact) mass is 393 g/mol. The molecule has 1 aliphatic rings. The number of benzene rings is 1. The van der Waals surface area contributed by atoms with Crippen molar-refractivity contribution in [3.8, 4) is 0 Å². The predicted molar refractivity (Wildman–Crippen MR) is 106 cm³/mol. The number of hydrogen-bond acceptors (Lipinski definition) is 5. The first kappa shape index (κ1) is 18.7. The molecule has 1 aliphatic heterocycles. The van der Waals surface area contributed by atoms with Gasteiger partial charge in [0, 0.05) is 49.5 Å². The van der Waals surface area contributed by atoms with Crippen LogP contribution in [0.3, 0.4) is 0 Å². The largest absolute Gasteiger partial charge is 0.370 e. The maximum absolute atomic E-state index is 12.7. The zero-order valence-electron chi connectivity index (χ0n) is 14.8. The zero-order valence-corrected chi connectivity index (χ0v) is 16.3. The van der Waals surface area contributed by atoms with E-state index in [1.54, 1.807) is 23.1 Å². The lowest BCUT2D eigenvalue weighted by atomic mass is 10.2. The number of carbonyl (C=O) groups is 1. The van der Waals surface area contributed by atoms with Crippen LogP contribution >= 0.6 is 23.2 Å². The standard InChI is InChI=1S/C18H21Cl2N5O/c1-3-21-16-10-12(2)22-18(23-16)25-8-6-24(7-9-25)17(26)14-5-4-13(19)11-15(14)20/h4-5,10-11H,3,6-9H2,1-2H3,(H,21,22,23). The molecule has 0 aliphatic carbocycles. The van der Waals surface area contributed by atoms with E-state index in [2.05, 4.69) is 20.2 Å². The lowest BCUT2D eigenvalue weighted by Gasteiger charge is -2.35. The fourth-order valence-electron chi connectivity index (χ4n) is 2.91. The van der Waals surface area contributed by atoms with Crippen molar-refractivity contribution < 1.29 is 4.79 Å². The van der Waals surface area contributed by atoms with Crippen LogP contribution in [0.5, 0.6) is 0 Å². The number of amides is 1. The first-order valence-corrected chi connectivity index (χ1v) is 9.32. The van der Waals surface area contributed by atoms with Crippen LogP contribution in [0.2, 0.25) is 10.0 Å². The van der Waals surface area contributed by atoms with Crippen molar-refractivity contribution in [3.05, 3.63) is 45.6 Å². The lowest BCUT2D eigenvalue weighted by molar-refractivity contribution is 0.0746. The third-order valence-electron chi connectivity index (χ3n) is 4.21. The van der Waals surface area contributed by atoms with Crippen molar-refractivity contribution >= 4 is 40.9 Å². The second-order valence-corrected chi connectivity index (χ2v) is 6.97. The molecule has 1 N–H and O–H groups in total. The maximum atomic E-state index is 12.7. The van der Waals surface area contributed by atoms with Crippen LogP contribution in [-0.2, 0) is 0 Å². The summed E-state index contributed by atoms with van der Waals surface area (Å²) in [5, 5.41) is 4.11. The number of nitrogens with one attached hydrogen (secondary N) is 1. The number of aromatic nitrogens is 2. The van der Waals surface area contributed by atoms with Crippen LogP contribution in [0.15, 0.2) is 24.3 Å². The van der Waals surface area contributed by atoms with Crippen LogP contribution in [0.1, 0.15) is 23.0 Å². The van der Waals surface area contributed by atoms with Crippen LogP contribution in [0, 0.1) is 6.92 Å². The molecule has 3 rings (SSSR count). The van der Waals surface area contributed by atoms with Crippen molar-refractivity contribution in [3.63, 3.8) is 0 Å². The van der Waals surface area contributed by atoms with Gasteiger partial charge in [0.15, 0.2) is 0 Å². The Morgan fingerprint density at radius 2 is 1.88 bits per heavy atom. The molecule has 138 valence electrons. The number of hydrogen-bond donors (Lipinski definition) is 1. The van der Waals surface area contributed by atoms with Gasteiger partial charge in [0.05, 0.1) is 10.6 Å². The molecule has 2 heterocycles. The van der Waals surface area contributed by atoms with Gasteiger partial charge in [0.1, 0.15) is 5.82 Å². The Kier molecular flexibility index (Phi) is 5.84. The molecule has 0 saturated carbocycles. The number of halogens is 2. The van der Waals surface area contributed by atoms with Gasteiger partial charge in [-0.1, -0.05) is 23.2 Å². The summed E-state index contributed by atoms with van der Waals surface area (Å²) in [5.41, 5.74) is 1.39. The highest BCUT2D eigenvalue weighted by molar-refractivity contribution is 6.36. The Bertz CT molecular complexity index is 806. The minimum atomic E-state index is -0.0789. The van der Waals surface area contributed by atoms with Crippen molar-refractivity contribution in [2.45, 2.75) is 13.8 Å². The first-order chi connectivity index (χ1) is 12.5. The van der Waals surface area contributed by atoms with Crippen LogP contribution in [0.25, 0.3) is 0 Å². The fourth-order valence-corrected chi connectivity index (χ4v) is 3.40. The number of nitrogens with zero attached hydrogens (tertiary/aromatic N) is 4. The normalized spacial score (nSPS) is 14.5. The third kappa shape index (κ3) is 4.19. The lowest BCUT2D eigenvalue weighted by Crippen LogP contribution is -2.49. The van der Waals surface area contributed by atoms with Gasteiger partial charge < -0.3 is 15.1 Å². The first-order valence-electron chi connectivity index (χ1n) is 8.56. The second kappa shape index (κ2) is 8.10. The van der Waals surface area contributed by atoms with Gasteiger partial charge in [-0.15, -0.1) is 0 Å². The Morgan fingerprint density at radius 3 is 2.54 bits per heavy atom. The average molecular weight is 394 g/mol. The number of anilines is 2. The molecule has 1 amide bonds. The highest BCUT2D eigenvalue weighted by Gasteiger charge is 2.25. The van der Waals surface area contributed by atoms with Crippen LogP contribution in [-0.4, -0.2) is 53.5 Å². The molecule has 0 bridgehead atoms. The third-order valence-corrected chi connectivity index (χ3v) is 4.76. The summed E-state index contributed by atoms with van der Waals surface area (Å²) in [5.74, 6) is 1.43. The highest BCUT2D eigenvalue weighted by atomic mass is 35.5. The van der Waals surface area contributed by atoms with Gasteiger partial charge in [-0.3, -0.25) is 4.79 Å². The van der Waals surface area contributed by atoms with Crippen molar-refractivity contribution in [1.29, 1.82) is 0 Å². The minimum Gasteiger partial charge on any atom is -0.370 e. The molecule has 2 aromatic rings. The summed E-state index contributed by atoms with van der Waals surface area (Å²) in [6, 6.07) is 6.87. The fraction of sp³-hybridized carbons (Fsp3) is 0.389. The molecule has 1 aromatic heterocycles. The molecule has 0 spiro atoms. The smallest absolute Gasteiger partial charge is 0.255 e. The summed E-state index contributed by atoms with van der Waals surface area (Å²) < 4.78 is 0. The summed E-state index contributed by atoms with van der Waals surface area (Å²) >= 11 is 12.1. The molecule has 0 atom stereocenters. The molecule has 1 fully saturated rings. The van der Waals surface area contributed by atoms with Crippen molar-refractivity contribution in [2.75, 3.05) is 42.9 Å². The van der Waals surface area contributed by atoms with E-state index in [1.807, 2.05) is 19.9 Å². The van der Waals surface area contributed by atoms with E-state index in [-0.39, 0.29) is 5.91 Å². The van der Waals surface area contributed by atoms with Crippen molar-refractivity contribution in [1.82, 2.24) is 14.9 Å². The van der Waals surface area contributed by atoms with E-state index < -0.39 is 0 Å². The Morgan fingerprint density at radius 1 is 1.15 bits per heavy atom. The van der Waals surface area contributed by atoms with Crippen molar-refractivity contribution in [2.24, 2.45) is 0 Å². The van der Waals surface area contributed by atoms with Gasteiger partial charge in [0.2, 0.25) is 5.95 Å². The van der Waals surface area contributed by atoms with Gasteiger partial charge in [-0.25, -0.2) is 4.98 Å². The summed E-state index contributed by atoms with van der Waals surface area (Å²) in [7, 11) is 0. The van der Waals surface area contributed by atoms with E-state index in [0.717, 1.165) is 18.1 Å². The number of carbonyl (C=O) groups excluding carboxylic acids is 1. The predicted octanol–water partition coefficient (Wildman–Crippen LogP) is 3.49. The van der Waals surface area contributed by atoms with Gasteiger partial charge in [-0.2, -0.15) is 4.98 Å². The van der Waals surface area contributed by atoms with E-state index in [0.29, 0.717) is 47.7 Å². The Labute approximate surface area is 163 Å². The highest BCUT2D eigenvalue weighted by Crippen LogP contribution is 2.23. The molecular weight excluding hydrogens is 373 g/mol. The number of piperazine rings is 1. The molecule has 1 saturated heterocycles. The summed E-state index contributed by atoms with van der Waals surface area (Å²) in [6.45, 7) is 7.31. The molecule has 1 aromatic carbocycles. The molecule has 6 nitrogen and oxygen atoms in total. The van der Waals surface area contributed by atoms with Gasteiger partial charge >= 0.3 is 0 Å². The van der Waals surface area contributed by atoms with E-state index in [1.165, 1.54) is 0 Å². The summed E-state index contributed by atoms with van der Waals surface area (Å²) in [6.07, 6.45) is 0. The van der Waals surface area contributed by atoms with Crippen LogP contribution in [0.4, 0.5) is 11.8 Å². The average Bonchev–Trinajstić information content (AvgIpc) is 2.61.